The third-order valence-corrected chi connectivity index (χ3v) is 0.949. The minimum Gasteiger partial charge on any atom is -0.810 e. The maximum Gasteiger partial charge on any atom is 3.00 e. The molecule has 0 atom stereocenters. The molecule has 0 radical (unpaired) electrons. The molecule has 0 heterocycles. The Bertz CT molecular complexity index is 231. The normalized spacial score (nSPS) is 8.24. The monoisotopic (exact) mass is 245 g/mol. The van der Waals surface area contributed by atoms with Crippen LogP contribution in [0, 0.1) is 25.7 Å². The number of benzene rings is 1. The molecule has 0 saturated heterocycles. The van der Waals surface area contributed by atoms with Gasteiger partial charge in [0.2, 0.25) is 0 Å². The Morgan fingerprint density at radius 3 is 1.41 bits per heavy atom. The zero-order chi connectivity index (χ0) is 13.0. The summed E-state index contributed by atoms with van der Waals surface area (Å²) in [4.78, 5) is 0. The van der Waals surface area contributed by atoms with Crippen LogP contribution in [0.3, 0.4) is 0 Å². The Morgan fingerprint density at radius 1 is 0.941 bits per heavy atom. The fraction of sp³-hybridized carbons (Fsp3) is 0.400. The van der Waals surface area contributed by atoms with Crippen molar-refractivity contribution in [2.75, 3.05) is 0 Å². The van der Waals surface area contributed by atoms with Crippen molar-refractivity contribution in [3.8, 4) is 0 Å². The van der Waals surface area contributed by atoms with Crippen LogP contribution in [-0.4, -0.2) is 23.6 Å². The van der Waals surface area contributed by atoms with Crippen molar-refractivity contribution in [1.82, 2.24) is 0 Å². The van der Waals surface area contributed by atoms with Crippen molar-refractivity contribution in [3.63, 3.8) is 0 Å². The van der Waals surface area contributed by atoms with Gasteiger partial charge in [0, 0.05) is 0 Å². The van der Waals surface area contributed by atoms with Crippen LogP contribution in [0.1, 0.15) is 33.3 Å². The SMILES string of the molecule is [Al+3].[CH2-]C(C)C.[CH2-]C(C)C.[N-]=Cc1ccccc1. The van der Waals surface area contributed by atoms with Crippen LogP contribution in [0.2, 0.25) is 0 Å². The summed E-state index contributed by atoms with van der Waals surface area (Å²) in [7, 11) is 0. The number of hydrogen-bond acceptors (Lipinski definition) is 0. The molecule has 0 unspecified atom stereocenters. The van der Waals surface area contributed by atoms with E-state index < -0.39 is 0 Å². The van der Waals surface area contributed by atoms with E-state index in [4.69, 9.17) is 5.41 Å². The van der Waals surface area contributed by atoms with E-state index in [2.05, 4.69) is 41.5 Å². The second kappa shape index (κ2) is 15.4. The van der Waals surface area contributed by atoms with E-state index in [9.17, 15) is 0 Å². The van der Waals surface area contributed by atoms with Gasteiger partial charge in [-0.15, -0.1) is 0 Å². The van der Waals surface area contributed by atoms with E-state index in [-0.39, 0.29) is 17.4 Å². The van der Waals surface area contributed by atoms with Crippen LogP contribution in [0.15, 0.2) is 30.3 Å². The van der Waals surface area contributed by atoms with Crippen molar-refractivity contribution < 1.29 is 0 Å². The van der Waals surface area contributed by atoms with Crippen LogP contribution in [-0.2, 0) is 0 Å². The molecule has 92 valence electrons. The van der Waals surface area contributed by atoms with Crippen LogP contribution >= 0.6 is 0 Å². The number of rotatable bonds is 1. The summed E-state index contributed by atoms with van der Waals surface area (Å²) in [5, 5.41) is 8.41. The van der Waals surface area contributed by atoms with Crippen LogP contribution in [0.5, 0.6) is 0 Å². The van der Waals surface area contributed by atoms with E-state index in [0.29, 0.717) is 11.8 Å². The van der Waals surface area contributed by atoms with E-state index >= 15 is 0 Å². The molecule has 0 saturated carbocycles. The molecular formula is C15H24AlN. The summed E-state index contributed by atoms with van der Waals surface area (Å²) in [5.41, 5.74) is 0.840. The maximum absolute atomic E-state index is 8.41. The van der Waals surface area contributed by atoms with Crippen molar-refractivity contribution in [2.24, 2.45) is 11.8 Å². The summed E-state index contributed by atoms with van der Waals surface area (Å²) < 4.78 is 0. The van der Waals surface area contributed by atoms with Crippen molar-refractivity contribution in [3.05, 3.63) is 55.2 Å². The molecule has 2 heteroatoms. The molecule has 0 aliphatic carbocycles. The molecule has 1 rings (SSSR count). The summed E-state index contributed by atoms with van der Waals surface area (Å²) in [6, 6.07) is 9.33. The minimum absolute atomic E-state index is 0. The van der Waals surface area contributed by atoms with Crippen LogP contribution < -0.4 is 0 Å². The first-order valence-corrected chi connectivity index (χ1v) is 5.58. The van der Waals surface area contributed by atoms with Gasteiger partial charge in [-0.25, -0.2) is 0 Å². The molecule has 1 aromatic rings. The molecular weight excluding hydrogens is 221 g/mol. The molecule has 1 aromatic carbocycles. The van der Waals surface area contributed by atoms with E-state index in [1.807, 2.05) is 30.3 Å². The van der Waals surface area contributed by atoms with Gasteiger partial charge in [0.25, 0.3) is 0 Å². The first kappa shape index (κ1) is 21.7. The Hall–Kier alpha value is -0.578. The average Bonchev–Trinajstić information content (AvgIpc) is 2.17. The molecule has 17 heavy (non-hydrogen) atoms. The number of hydrogen-bond donors (Lipinski definition) is 0. The van der Waals surface area contributed by atoms with Gasteiger partial charge in [0.05, 0.1) is 0 Å². The molecule has 0 aromatic heterocycles. The van der Waals surface area contributed by atoms with Gasteiger partial charge in [-0.05, 0) is 5.56 Å². The van der Waals surface area contributed by atoms with Gasteiger partial charge in [0.15, 0.2) is 0 Å². The van der Waals surface area contributed by atoms with Gasteiger partial charge < -0.3 is 19.3 Å². The average molecular weight is 245 g/mol. The van der Waals surface area contributed by atoms with Gasteiger partial charge in [-0.1, -0.05) is 58.0 Å². The molecule has 0 fully saturated rings. The Balaban J connectivity index is -0.000000189. The quantitative estimate of drug-likeness (QED) is 0.401. The fourth-order valence-electron chi connectivity index (χ4n) is 0.539. The van der Waals surface area contributed by atoms with E-state index in [1.165, 1.54) is 0 Å². The van der Waals surface area contributed by atoms with Gasteiger partial charge in [-0.3, -0.25) is 0 Å². The Kier molecular flexibility index (Phi) is 19.7. The first-order chi connectivity index (χ1) is 7.40. The molecule has 0 amide bonds. The second-order valence-electron chi connectivity index (χ2n) is 4.33. The van der Waals surface area contributed by atoms with E-state index in [0.717, 1.165) is 11.8 Å². The third kappa shape index (κ3) is 31.3. The smallest absolute Gasteiger partial charge is 0.810 e. The molecule has 0 spiro atoms. The summed E-state index contributed by atoms with van der Waals surface area (Å²) in [6.45, 7) is 15.5. The topological polar surface area (TPSA) is 22.3 Å². The Labute approximate surface area is 118 Å². The van der Waals surface area contributed by atoms with Crippen molar-refractivity contribution in [2.45, 2.75) is 27.7 Å². The molecule has 0 aliphatic heterocycles. The molecule has 0 bridgehead atoms. The largest absolute Gasteiger partial charge is 3.00 e. The van der Waals surface area contributed by atoms with Crippen molar-refractivity contribution in [1.29, 1.82) is 0 Å². The standard InChI is InChI=1S/C7H6N.2C4H9.Al/c8-6-7-4-2-1-3-5-7;2*1-4(2)3;/h1-6H;2*4H,1H2,2-3H3;/q3*-1;+3. The van der Waals surface area contributed by atoms with E-state index in [1.54, 1.807) is 0 Å². The predicted octanol–water partition coefficient (Wildman–Crippen LogP) is 4.25. The van der Waals surface area contributed by atoms with Gasteiger partial charge in [0.1, 0.15) is 0 Å². The molecule has 1 nitrogen and oxygen atoms in total. The fourth-order valence-corrected chi connectivity index (χ4v) is 0.539. The van der Waals surface area contributed by atoms with Gasteiger partial charge in [-0.2, -0.15) is 18.1 Å². The third-order valence-electron chi connectivity index (χ3n) is 0.949. The summed E-state index contributed by atoms with van der Waals surface area (Å²) in [6.07, 6.45) is 1.08. The Morgan fingerprint density at radius 2 is 1.24 bits per heavy atom. The minimum atomic E-state index is 0. The maximum atomic E-state index is 8.41. The summed E-state index contributed by atoms with van der Waals surface area (Å²) >= 11 is 0. The van der Waals surface area contributed by atoms with Gasteiger partial charge >= 0.3 is 17.4 Å². The number of nitrogens with zero attached hydrogens (tertiary/aromatic N) is 1. The zero-order valence-corrected chi connectivity index (χ0v) is 12.7. The van der Waals surface area contributed by atoms with Crippen molar-refractivity contribution >= 4 is 23.6 Å². The first-order valence-electron chi connectivity index (χ1n) is 5.58. The van der Waals surface area contributed by atoms with Crippen LogP contribution in [0.4, 0.5) is 0 Å². The predicted molar refractivity (Wildman–Crippen MR) is 81.1 cm³/mol. The zero-order valence-electron chi connectivity index (χ0n) is 11.6. The van der Waals surface area contributed by atoms with Crippen LogP contribution in [0.25, 0.3) is 5.41 Å². The molecule has 0 N–H and O–H groups in total. The second-order valence-corrected chi connectivity index (χ2v) is 4.33. The summed E-state index contributed by atoms with van der Waals surface area (Å²) in [5.74, 6) is 1.17. The molecule has 0 aliphatic rings.